The Kier molecular flexibility index (Phi) is 4.54. The standard InChI is InChI=1S/C14H15N3O3S/c1-8(12(15)18)16-13(19)11-7-21-14(17-11)9-3-5-10(20-2)6-4-9/h3-8H,1-2H3,(H2,15,18)(H,16,19). The number of nitrogens with two attached hydrogens (primary N) is 1. The van der Waals surface area contributed by atoms with Gasteiger partial charge in [0.05, 0.1) is 7.11 Å². The van der Waals surface area contributed by atoms with Crippen molar-refractivity contribution in [3.8, 4) is 16.3 Å². The van der Waals surface area contributed by atoms with Gasteiger partial charge in [0.25, 0.3) is 5.91 Å². The molecule has 0 bridgehead atoms. The van der Waals surface area contributed by atoms with Crippen LogP contribution in [0.25, 0.3) is 10.6 Å². The number of rotatable bonds is 5. The lowest BCUT2D eigenvalue weighted by Gasteiger charge is -2.07. The van der Waals surface area contributed by atoms with Gasteiger partial charge in [-0.05, 0) is 31.2 Å². The first-order chi connectivity index (χ1) is 10.0. The smallest absolute Gasteiger partial charge is 0.271 e. The molecule has 1 heterocycles. The number of nitrogens with one attached hydrogen (secondary N) is 1. The molecule has 2 rings (SSSR count). The predicted molar refractivity (Wildman–Crippen MR) is 80.2 cm³/mol. The predicted octanol–water partition coefficient (Wildman–Crippen LogP) is 1.42. The zero-order chi connectivity index (χ0) is 15.4. The van der Waals surface area contributed by atoms with E-state index in [9.17, 15) is 9.59 Å². The zero-order valence-electron chi connectivity index (χ0n) is 11.6. The molecule has 0 fully saturated rings. The van der Waals surface area contributed by atoms with Gasteiger partial charge in [-0.3, -0.25) is 9.59 Å². The number of carbonyl (C=O) groups is 2. The highest BCUT2D eigenvalue weighted by Crippen LogP contribution is 2.25. The molecule has 2 aromatic rings. The molecule has 3 N–H and O–H groups in total. The number of methoxy groups -OCH3 is 1. The number of thiazole rings is 1. The summed E-state index contributed by atoms with van der Waals surface area (Å²) in [5.74, 6) is -0.255. The van der Waals surface area contributed by atoms with Gasteiger partial charge in [0, 0.05) is 10.9 Å². The number of hydrogen-bond acceptors (Lipinski definition) is 5. The van der Waals surface area contributed by atoms with E-state index in [-0.39, 0.29) is 5.69 Å². The van der Waals surface area contributed by atoms with Gasteiger partial charge < -0.3 is 15.8 Å². The van der Waals surface area contributed by atoms with Crippen LogP contribution in [0.5, 0.6) is 5.75 Å². The monoisotopic (exact) mass is 305 g/mol. The molecule has 1 aromatic heterocycles. The van der Waals surface area contributed by atoms with Crippen molar-refractivity contribution < 1.29 is 14.3 Å². The van der Waals surface area contributed by atoms with Crippen molar-refractivity contribution in [2.24, 2.45) is 5.73 Å². The van der Waals surface area contributed by atoms with E-state index in [0.717, 1.165) is 16.3 Å². The molecule has 6 nitrogen and oxygen atoms in total. The number of nitrogens with zero attached hydrogens (tertiary/aromatic N) is 1. The second kappa shape index (κ2) is 6.36. The summed E-state index contributed by atoms with van der Waals surface area (Å²) in [6, 6.07) is 6.65. The molecule has 0 saturated heterocycles. The Morgan fingerprint density at radius 3 is 2.57 bits per heavy atom. The Bertz CT molecular complexity index is 652. The normalized spacial score (nSPS) is 11.7. The highest BCUT2D eigenvalue weighted by Gasteiger charge is 2.16. The summed E-state index contributed by atoms with van der Waals surface area (Å²) in [6.45, 7) is 1.52. The minimum Gasteiger partial charge on any atom is -0.497 e. The largest absolute Gasteiger partial charge is 0.497 e. The summed E-state index contributed by atoms with van der Waals surface area (Å²) >= 11 is 1.35. The van der Waals surface area contributed by atoms with E-state index in [1.807, 2.05) is 24.3 Å². The molecular weight excluding hydrogens is 290 g/mol. The van der Waals surface area contributed by atoms with Crippen molar-refractivity contribution in [1.82, 2.24) is 10.3 Å². The van der Waals surface area contributed by atoms with Crippen LogP contribution in [-0.2, 0) is 4.79 Å². The topological polar surface area (TPSA) is 94.3 Å². The van der Waals surface area contributed by atoms with Crippen molar-refractivity contribution in [2.75, 3.05) is 7.11 Å². The molecule has 1 unspecified atom stereocenters. The molecule has 7 heteroatoms. The van der Waals surface area contributed by atoms with Crippen molar-refractivity contribution >= 4 is 23.2 Å². The van der Waals surface area contributed by atoms with Gasteiger partial charge in [-0.25, -0.2) is 4.98 Å². The number of aromatic nitrogens is 1. The Morgan fingerprint density at radius 1 is 1.33 bits per heavy atom. The molecule has 1 atom stereocenters. The average molecular weight is 305 g/mol. The molecule has 2 amide bonds. The lowest BCUT2D eigenvalue weighted by molar-refractivity contribution is -0.119. The number of hydrogen-bond donors (Lipinski definition) is 2. The Balaban J connectivity index is 2.13. The minimum atomic E-state index is -0.733. The Morgan fingerprint density at radius 2 is 2.00 bits per heavy atom. The maximum Gasteiger partial charge on any atom is 0.271 e. The number of ether oxygens (including phenoxy) is 1. The summed E-state index contributed by atoms with van der Waals surface area (Å²) in [6.07, 6.45) is 0. The number of carbonyl (C=O) groups excluding carboxylic acids is 2. The van der Waals surface area contributed by atoms with Crippen LogP contribution < -0.4 is 15.8 Å². The van der Waals surface area contributed by atoms with Crippen molar-refractivity contribution in [3.05, 3.63) is 35.3 Å². The third-order valence-electron chi connectivity index (χ3n) is 2.85. The zero-order valence-corrected chi connectivity index (χ0v) is 12.4. The highest BCUT2D eigenvalue weighted by molar-refractivity contribution is 7.13. The average Bonchev–Trinajstić information content (AvgIpc) is 2.97. The van der Waals surface area contributed by atoms with Crippen LogP contribution >= 0.6 is 11.3 Å². The molecule has 21 heavy (non-hydrogen) atoms. The Labute approximate surface area is 125 Å². The van der Waals surface area contributed by atoms with Gasteiger partial charge in [0.2, 0.25) is 5.91 Å². The summed E-state index contributed by atoms with van der Waals surface area (Å²) in [5.41, 5.74) is 6.26. The molecule has 1 aromatic carbocycles. The van der Waals surface area contributed by atoms with Gasteiger partial charge in [0.1, 0.15) is 22.5 Å². The number of benzene rings is 1. The third-order valence-corrected chi connectivity index (χ3v) is 3.74. The number of amides is 2. The molecule has 110 valence electrons. The SMILES string of the molecule is COc1ccc(-c2nc(C(=O)NC(C)C(N)=O)cs2)cc1. The highest BCUT2D eigenvalue weighted by atomic mass is 32.1. The van der Waals surface area contributed by atoms with Crippen LogP contribution in [0.2, 0.25) is 0 Å². The van der Waals surface area contributed by atoms with E-state index < -0.39 is 17.9 Å². The molecule has 0 aliphatic rings. The van der Waals surface area contributed by atoms with Crippen molar-refractivity contribution in [1.29, 1.82) is 0 Å². The van der Waals surface area contributed by atoms with Crippen LogP contribution in [0.3, 0.4) is 0 Å². The fourth-order valence-electron chi connectivity index (χ4n) is 1.59. The second-order valence-electron chi connectivity index (χ2n) is 4.36. The molecule has 0 spiro atoms. The quantitative estimate of drug-likeness (QED) is 0.873. The summed E-state index contributed by atoms with van der Waals surface area (Å²) in [7, 11) is 1.60. The van der Waals surface area contributed by atoms with Crippen LogP contribution in [0.1, 0.15) is 17.4 Å². The van der Waals surface area contributed by atoms with E-state index in [2.05, 4.69) is 10.3 Å². The van der Waals surface area contributed by atoms with Gasteiger partial charge in [-0.2, -0.15) is 0 Å². The molecular formula is C14H15N3O3S. The minimum absolute atomic E-state index is 0.263. The summed E-state index contributed by atoms with van der Waals surface area (Å²) in [4.78, 5) is 27.1. The van der Waals surface area contributed by atoms with Crippen LogP contribution in [-0.4, -0.2) is 29.9 Å². The molecule has 0 aliphatic carbocycles. The van der Waals surface area contributed by atoms with Gasteiger partial charge in [-0.1, -0.05) is 0 Å². The van der Waals surface area contributed by atoms with Gasteiger partial charge >= 0.3 is 0 Å². The molecule has 0 aliphatic heterocycles. The maximum atomic E-state index is 11.9. The Hall–Kier alpha value is -2.41. The fraction of sp³-hybridized carbons (Fsp3) is 0.214. The fourth-order valence-corrected chi connectivity index (χ4v) is 2.39. The summed E-state index contributed by atoms with van der Waals surface area (Å²) in [5, 5.41) is 4.85. The first kappa shape index (κ1) is 15.0. The first-order valence-corrected chi connectivity index (χ1v) is 7.09. The lowest BCUT2D eigenvalue weighted by atomic mass is 10.2. The first-order valence-electron chi connectivity index (χ1n) is 6.21. The lowest BCUT2D eigenvalue weighted by Crippen LogP contribution is -2.42. The third kappa shape index (κ3) is 3.57. The summed E-state index contributed by atoms with van der Waals surface area (Å²) < 4.78 is 5.09. The van der Waals surface area contributed by atoms with E-state index in [0.29, 0.717) is 0 Å². The van der Waals surface area contributed by atoms with Crippen molar-refractivity contribution in [3.63, 3.8) is 0 Å². The van der Waals surface area contributed by atoms with Crippen LogP contribution in [0.15, 0.2) is 29.6 Å². The van der Waals surface area contributed by atoms with Gasteiger partial charge in [-0.15, -0.1) is 11.3 Å². The molecule has 0 saturated carbocycles. The molecule has 0 radical (unpaired) electrons. The van der Waals surface area contributed by atoms with Gasteiger partial charge in [0.15, 0.2) is 0 Å². The van der Waals surface area contributed by atoms with E-state index >= 15 is 0 Å². The maximum absolute atomic E-state index is 11.9. The second-order valence-corrected chi connectivity index (χ2v) is 5.22. The van der Waals surface area contributed by atoms with E-state index in [4.69, 9.17) is 10.5 Å². The van der Waals surface area contributed by atoms with Crippen LogP contribution in [0, 0.1) is 0 Å². The van der Waals surface area contributed by atoms with E-state index in [1.54, 1.807) is 12.5 Å². The van der Waals surface area contributed by atoms with Crippen LogP contribution in [0.4, 0.5) is 0 Å². The number of primary amides is 1. The van der Waals surface area contributed by atoms with Crippen molar-refractivity contribution in [2.45, 2.75) is 13.0 Å². The van der Waals surface area contributed by atoms with E-state index in [1.165, 1.54) is 18.3 Å².